The highest BCUT2D eigenvalue weighted by atomic mass is 16.4. The minimum absolute atomic E-state index is 0.0761. The predicted molar refractivity (Wildman–Crippen MR) is 82.2 cm³/mol. The molecule has 0 aliphatic carbocycles. The molecule has 1 rings (SSSR count). The van der Waals surface area contributed by atoms with Gasteiger partial charge in [0.2, 0.25) is 0 Å². The van der Waals surface area contributed by atoms with Gasteiger partial charge in [0, 0.05) is 12.2 Å². The summed E-state index contributed by atoms with van der Waals surface area (Å²) in [6.45, 7) is 5.35. The van der Waals surface area contributed by atoms with E-state index < -0.39 is 17.5 Å². The average Bonchev–Trinajstić information content (AvgIpc) is 2.40. The number of hydrogen-bond acceptors (Lipinski definition) is 2. The topological polar surface area (TPSA) is 69.6 Å². The number of amides is 2. The third-order valence-corrected chi connectivity index (χ3v) is 2.98. The molecule has 5 heteroatoms. The molecule has 0 aliphatic heterocycles. The maximum absolute atomic E-state index is 12.4. The number of terminal acetylenes is 1. The summed E-state index contributed by atoms with van der Waals surface area (Å²) in [7, 11) is 0. The summed E-state index contributed by atoms with van der Waals surface area (Å²) in [6, 6.07) is 6.89. The normalized spacial score (nSPS) is 10.6. The first kappa shape index (κ1) is 16.6. The van der Waals surface area contributed by atoms with Gasteiger partial charge in [0.15, 0.2) is 0 Å². The Morgan fingerprint density at radius 1 is 1.38 bits per heavy atom. The van der Waals surface area contributed by atoms with Crippen LogP contribution >= 0.6 is 0 Å². The number of para-hydroxylation sites is 1. The first-order valence-electron chi connectivity index (χ1n) is 6.61. The molecule has 2 N–H and O–H groups in total. The first-order valence-corrected chi connectivity index (χ1v) is 6.61. The smallest absolute Gasteiger partial charge is 0.323 e. The van der Waals surface area contributed by atoms with Gasteiger partial charge in [-0.05, 0) is 32.4 Å². The van der Waals surface area contributed by atoms with Crippen molar-refractivity contribution < 1.29 is 14.7 Å². The van der Waals surface area contributed by atoms with Gasteiger partial charge in [-0.2, -0.15) is 0 Å². The number of hydrogen-bond donors (Lipinski definition) is 2. The molecule has 0 saturated carbocycles. The number of carboxylic acids is 1. The summed E-state index contributed by atoms with van der Waals surface area (Å²) in [5.74, 6) is 1.52. The molecule has 0 radical (unpaired) electrons. The Morgan fingerprint density at radius 3 is 2.52 bits per heavy atom. The zero-order valence-corrected chi connectivity index (χ0v) is 12.5. The Morgan fingerprint density at radius 2 is 2.00 bits per heavy atom. The van der Waals surface area contributed by atoms with Crippen LogP contribution in [-0.2, 0) is 4.79 Å². The lowest BCUT2D eigenvalue weighted by Crippen LogP contribution is -2.50. The molecule has 0 unspecified atom stereocenters. The maximum atomic E-state index is 12.4. The maximum Gasteiger partial charge on any atom is 0.323 e. The summed E-state index contributed by atoms with van der Waals surface area (Å²) in [4.78, 5) is 24.6. The second-order valence-electron chi connectivity index (χ2n) is 5.28. The van der Waals surface area contributed by atoms with Crippen molar-refractivity contribution in [1.29, 1.82) is 0 Å². The van der Waals surface area contributed by atoms with Gasteiger partial charge in [0.25, 0.3) is 0 Å². The van der Waals surface area contributed by atoms with Gasteiger partial charge in [-0.25, -0.2) is 4.79 Å². The van der Waals surface area contributed by atoms with E-state index in [1.807, 2.05) is 19.1 Å². The number of nitrogens with zero attached hydrogens (tertiary/aromatic N) is 1. The van der Waals surface area contributed by atoms with Gasteiger partial charge in [0.05, 0.1) is 12.0 Å². The molecule has 112 valence electrons. The van der Waals surface area contributed by atoms with Crippen LogP contribution in [0.4, 0.5) is 10.5 Å². The number of nitrogens with one attached hydrogen (secondary N) is 1. The third-order valence-electron chi connectivity index (χ3n) is 2.98. The quantitative estimate of drug-likeness (QED) is 0.817. The number of rotatable bonds is 5. The summed E-state index contributed by atoms with van der Waals surface area (Å²) >= 11 is 0. The van der Waals surface area contributed by atoms with Crippen LogP contribution in [-0.4, -0.2) is 29.2 Å². The number of aryl methyl sites for hydroxylation is 1. The summed E-state index contributed by atoms with van der Waals surface area (Å²) in [6.07, 6.45) is 5.23. The molecule has 2 amide bonds. The Hall–Kier alpha value is -2.48. The van der Waals surface area contributed by atoms with Gasteiger partial charge >= 0.3 is 12.0 Å². The SMILES string of the molecule is C#CC(C)(C)NC(=O)N(CCC(=O)O)c1ccccc1C. The van der Waals surface area contributed by atoms with Crippen LogP contribution in [0, 0.1) is 19.3 Å². The fraction of sp³-hybridized carbons (Fsp3) is 0.375. The van der Waals surface area contributed by atoms with E-state index in [0.29, 0.717) is 5.69 Å². The molecule has 0 bridgehead atoms. The monoisotopic (exact) mass is 288 g/mol. The molecule has 21 heavy (non-hydrogen) atoms. The molecular weight excluding hydrogens is 268 g/mol. The number of anilines is 1. The van der Waals surface area contributed by atoms with Gasteiger partial charge in [0.1, 0.15) is 0 Å². The molecule has 0 aromatic heterocycles. The van der Waals surface area contributed by atoms with E-state index in [4.69, 9.17) is 11.5 Å². The second kappa shape index (κ2) is 6.80. The molecule has 1 aromatic rings. The van der Waals surface area contributed by atoms with Crippen molar-refractivity contribution in [3.05, 3.63) is 29.8 Å². The van der Waals surface area contributed by atoms with E-state index >= 15 is 0 Å². The zero-order valence-electron chi connectivity index (χ0n) is 12.5. The Kier molecular flexibility index (Phi) is 5.37. The van der Waals surface area contributed by atoms with Gasteiger partial charge < -0.3 is 10.4 Å². The fourth-order valence-corrected chi connectivity index (χ4v) is 1.78. The zero-order chi connectivity index (χ0) is 16.0. The lowest BCUT2D eigenvalue weighted by molar-refractivity contribution is -0.136. The van der Waals surface area contributed by atoms with Crippen LogP contribution in [0.15, 0.2) is 24.3 Å². The predicted octanol–water partition coefficient (Wildman–Crippen LogP) is 2.40. The Labute approximate surface area is 125 Å². The lowest BCUT2D eigenvalue weighted by Gasteiger charge is -2.28. The summed E-state index contributed by atoms with van der Waals surface area (Å²) in [5.41, 5.74) is 0.752. The molecule has 0 fully saturated rings. The van der Waals surface area contributed by atoms with E-state index in [1.165, 1.54) is 4.90 Å². The number of carboxylic acid groups (broad SMARTS) is 1. The minimum atomic E-state index is -0.961. The second-order valence-corrected chi connectivity index (χ2v) is 5.28. The van der Waals surface area contributed by atoms with Crippen molar-refractivity contribution in [1.82, 2.24) is 5.32 Å². The Balaban J connectivity index is 3.03. The fourth-order valence-electron chi connectivity index (χ4n) is 1.78. The van der Waals surface area contributed by atoms with Crippen LogP contribution in [0.5, 0.6) is 0 Å². The van der Waals surface area contributed by atoms with Gasteiger partial charge in [-0.3, -0.25) is 9.69 Å². The molecule has 1 aromatic carbocycles. The highest BCUT2D eigenvalue weighted by Gasteiger charge is 2.24. The molecule has 0 saturated heterocycles. The summed E-state index contributed by atoms with van der Waals surface area (Å²) in [5, 5.41) is 11.6. The van der Waals surface area contributed by atoms with Crippen molar-refractivity contribution in [2.24, 2.45) is 0 Å². The van der Waals surface area contributed by atoms with E-state index in [0.717, 1.165) is 5.56 Å². The molecular formula is C16H20N2O3. The standard InChI is InChI=1S/C16H20N2O3/c1-5-16(3,4)17-15(21)18(11-10-14(19)20)13-9-7-6-8-12(13)2/h1,6-9H,10-11H2,2-4H3,(H,17,21)(H,19,20). The summed E-state index contributed by atoms with van der Waals surface area (Å²) < 4.78 is 0. The first-order chi connectivity index (χ1) is 9.76. The molecule has 0 heterocycles. The number of carbonyl (C=O) groups excluding carboxylic acids is 1. The number of aliphatic carboxylic acids is 1. The van der Waals surface area contributed by atoms with Crippen molar-refractivity contribution in [2.45, 2.75) is 32.7 Å². The van der Waals surface area contributed by atoms with E-state index in [2.05, 4.69) is 11.2 Å². The van der Waals surface area contributed by atoms with Crippen LogP contribution < -0.4 is 10.2 Å². The minimum Gasteiger partial charge on any atom is -0.481 e. The van der Waals surface area contributed by atoms with Crippen molar-refractivity contribution in [3.8, 4) is 12.3 Å². The Bertz CT molecular complexity index is 573. The highest BCUT2D eigenvalue weighted by Crippen LogP contribution is 2.20. The van der Waals surface area contributed by atoms with E-state index in [9.17, 15) is 9.59 Å². The average molecular weight is 288 g/mol. The third kappa shape index (κ3) is 4.84. The van der Waals surface area contributed by atoms with Crippen LogP contribution in [0.25, 0.3) is 0 Å². The van der Waals surface area contributed by atoms with Crippen molar-refractivity contribution in [3.63, 3.8) is 0 Å². The molecule has 0 atom stereocenters. The van der Waals surface area contributed by atoms with E-state index in [1.54, 1.807) is 26.0 Å². The number of urea groups is 1. The van der Waals surface area contributed by atoms with Gasteiger partial charge in [-0.15, -0.1) is 6.42 Å². The lowest BCUT2D eigenvalue weighted by atomic mass is 10.1. The number of carbonyl (C=O) groups is 2. The van der Waals surface area contributed by atoms with Crippen LogP contribution in [0.1, 0.15) is 25.8 Å². The van der Waals surface area contributed by atoms with Crippen molar-refractivity contribution >= 4 is 17.7 Å². The highest BCUT2D eigenvalue weighted by molar-refractivity contribution is 5.94. The van der Waals surface area contributed by atoms with E-state index in [-0.39, 0.29) is 13.0 Å². The molecule has 0 aliphatic rings. The van der Waals surface area contributed by atoms with Crippen molar-refractivity contribution in [2.75, 3.05) is 11.4 Å². The molecule has 0 spiro atoms. The molecule has 5 nitrogen and oxygen atoms in total. The number of benzene rings is 1. The van der Waals surface area contributed by atoms with Crippen LogP contribution in [0.2, 0.25) is 0 Å². The largest absolute Gasteiger partial charge is 0.481 e. The van der Waals surface area contributed by atoms with Crippen LogP contribution in [0.3, 0.4) is 0 Å². The van der Waals surface area contributed by atoms with Gasteiger partial charge in [-0.1, -0.05) is 24.1 Å².